The average molecular weight is 901 g/mol. The summed E-state index contributed by atoms with van der Waals surface area (Å²) >= 11 is 0. The Bertz CT molecular complexity index is 2610. The van der Waals surface area contributed by atoms with Crippen LogP contribution in [0.15, 0.2) is 97.1 Å². The van der Waals surface area contributed by atoms with Crippen LogP contribution in [0.25, 0.3) is 46.6 Å². The zero-order chi connectivity index (χ0) is 47.5. The molecule has 0 atom stereocenters. The van der Waals surface area contributed by atoms with E-state index in [1.807, 2.05) is 0 Å². The Balaban J connectivity index is 1.36. The fourth-order valence-electron chi connectivity index (χ4n) is 6.92. The van der Waals surface area contributed by atoms with Gasteiger partial charge in [0.15, 0.2) is 23.0 Å². The lowest BCUT2D eigenvalue weighted by Gasteiger charge is -2.16. The second kappa shape index (κ2) is 21.1. The SMILES string of the molecule is COc1ccc(/C=C\c2cc(OC)c(OC)c(OC)c2)cc1-c1cc([N+](=O)[O-])ccc1OC(=O)Oc1ccc([N+](=O)[O-])cc1-c1cc(/C=C/c2cc(OC)c(OC)c(OC)c2)ccc1OC. The van der Waals surface area contributed by atoms with Crippen molar-refractivity contribution in [2.75, 3.05) is 56.9 Å². The highest BCUT2D eigenvalue weighted by Crippen LogP contribution is 2.44. The van der Waals surface area contributed by atoms with Gasteiger partial charge in [-0.2, -0.15) is 0 Å². The van der Waals surface area contributed by atoms with Gasteiger partial charge in [0, 0.05) is 46.5 Å². The number of benzene rings is 6. The second-order valence-electron chi connectivity index (χ2n) is 13.8. The molecule has 6 aromatic rings. The molecule has 340 valence electrons. The van der Waals surface area contributed by atoms with Crippen molar-refractivity contribution in [3.8, 4) is 79.7 Å². The van der Waals surface area contributed by atoms with E-state index < -0.39 is 16.0 Å². The zero-order valence-corrected chi connectivity index (χ0v) is 37.1. The molecule has 0 aliphatic carbocycles. The summed E-state index contributed by atoms with van der Waals surface area (Å²) in [5, 5.41) is 24.1. The third-order valence-corrected chi connectivity index (χ3v) is 10.1. The molecule has 0 radical (unpaired) electrons. The predicted molar refractivity (Wildman–Crippen MR) is 247 cm³/mol. The molecule has 0 amide bonds. The number of carbonyl (C=O) groups is 1. The number of hydrogen-bond acceptors (Lipinski definition) is 15. The van der Waals surface area contributed by atoms with E-state index in [1.54, 1.807) is 85.0 Å². The molecule has 0 saturated heterocycles. The highest BCUT2D eigenvalue weighted by Gasteiger charge is 2.24. The number of rotatable bonds is 18. The second-order valence-corrected chi connectivity index (χ2v) is 13.8. The largest absolute Gasteiger partial charge is 0.519 e. The Morgan fingerprint density at radius 3 is 0.985 bits per heavy atom. The molecule has 0 N–H and O–H groups in total. The average Bonchev–Trinajstić information content (AvgIpc) is 3.34. The Morgan fingerprint density at radius 1 is 0.379 bits per heavy atom. The number of ether oxygens (including phenoxy) is 10. The minimum atomic E-state index is -1.25. The van der Waals surface area contributed by atoms with Crippen LogP contribution in [0.3, 0.4) is 0 Å². The highest BCUT2D eigenvalue weighted by atomic mass is 16.7. The lowest BCUT2D eigenvalue weighted by molar-refractivity contribution is -0.385. The van der Waals surface area contributed by atoms with Gasteiger partial charge in [0.25, 0.3) is 11.4 Å². The molecular weight excluding hydrogens is 857 g/mol. The molecule has 0 spiro atoms. The van der Waals surface area contributed by atoms with Crippen LogP contribution >= 0.6 is 0 Å². The van der Waals surface area contributed by atoms with Gasteiger partial charge in [0.05, 0.1) is 66.7 Å². The number of methoxy groups -OCH3 is 8. The third kappa shape index (κ3) is 10.4. The first-order valence-corrected chi connectivity index (χ1v) is 19.7. The zero-order valence-electron chi connectivity index (χ0n) is 37.1. The van der Waals surface area contributed by atoms with E-state index in [0.29, 0.717) is 79.4 Å². The normalized spacial score (nSPS) is 10.9. The molecule has 0 fully saturated rings. The van der Waals surface area contributed by atoms with Gasteiger partial charge in [0.2, 0.25) is 11.5 Å². The maximum Gasteiger partial charge on any atom is 0.519 e. The molecular formula is C49H44N2O15. The smallest absolute Gasteiger partial charge is 0.496 e. The summed E-state index contributed by atoms with van der Waals surface area (Å²) < 4.78 is 55.7. The van der Waals surface area contributed by atoms with Gasteiger partial charge in [-0.15, -0.1) is 0 Å². The predicted octanol–water partition coefficient (Wildman–Crippen LogP) is 10.8. The molecule has 0 bridgehead atoms. The highest BCUT2D eigenvalue weighted by molar-refractivity contribution is 5.86. The summed E-state index contributed by atoms with van der Waals surface area (Å²) in [5.41, 5.74) is 3.05. The van der Waals surface area contributed by atoms with Gasteiger partial charge in [0.1, 0.15) is 23.0 Å². The molecule has 0 aliphatic heterocycles. The van der Waals surface area contributed by atoms with Crippen molar-refractivity contribution in [3.63, 3.8) is 0 Å². The van der Waals surface area contributed by atoms with E-state index in [0.717, 1.165) is 0 Å². The number of nitro benzene ring substituents is 2. The molecule has 17 nitrogen and oxygen atoms in total. The maximum absolute atomic E-state index is 13.8. The first-order chi connectivity index (χ1) is 31.9. The van der Waals surface area contributed by atoms with Crippen LogP contribution in [-0.2, 0) is 0 Å². The van der Waals surface area contributed by atoms with Gasteiger partial charge in [-0.25, -0.2) is 4.79 Å². The Labute approximate surface area is 379 Å². The van der Waals surface area contributed by atoms with Crippen LogP contribution in [0.5, 0.6) is 57.5 Å². The molecule has 0 saturated carbocycles. The molecule has 17 heteroatoms. The first-order valence-electron chi connectivity index (χ1n) is 19.7. The topological polar surface area (TPSA) is 196 Å². The third-order valence-electron chi connectivity index (χ3n) is 10.1. The summed E-state index contributed by atoms with van der Waals surface area (Å²) in [5.74, 6) is 3.04. The Hall–Kier alpha value is -8.73. The maximum atomic E-state index is 13.8. The van der Waals surface area contributed by atoms with Gasteiger partial charge >= 0.3 is 6.16 Å². The van der Waals surface area contributed by atoms with Crippen molar-refractivity contribution in [2.24, 2.45) is 0 Å². The van der Waals surface area contributed by atoms with Crippen LogP contribution in [0.1, 0.15) is 22.3 Å². The fourth-order valence-corrected chi connectivity index (χ4v) is 6.92. The monoisotopic (exact) mass is 900 g/mol. The van der Waals surface area contributed by atoms with Crippen LogP contribution < -0.4 is 47.4 Å². The number of nitrogens with zero attached hydrogens (tertiary/aromatic N) is 2. The molecule has 0 unspecified atom stereocenters. The summed E-state index contributed by atoms with van der Waals surface area (Å²) in [6, 6.07) is 24.7. The van der Waals surface area contributed by atoms with Gasteiger partial charge in [-0.3, -0.25) is 20.2 Å². The van der Waals surface area contributed by atoms with Crippen molar-refractivity contribution in [2.45, 2.75) is 0 Å². The van der Waals surface area contributed by atoms with Crippen molar-refractivity contribution < 1.29 is 62.0 Å². The van der Waals surface area contributed by atoms with Crippen LogP contribution in [-0.4, -0.2) is 72.9 Å². The number of hydrogen-bond donors (Lipinski definition) is 0. The van der Waals surface area contributed by atoms with Crippen LogP contribution in [0, 0.1) is 20.2 Å². The Morgan fingerprint density at radius 2 is 0.682 bits per heavy atom. The summed E-state index contributed by atoms with van der Waals surface area (Å²) in [6.07, 6.45) is 5.93. The molecule has 66 heavy (non-hydrogen) atoms. The molecule has 0 aromatic heterocycles. The van der Waals surface area contributed by atoms with Gasteiger partial charge < -0.3 is 47.4 Å². The summed E-state index contributed by atoms with van der Waals surface area (Å²) in [4.78, 5) is 36.7. The van der Waals surface area contributed by atoms with E-state index in [2.05, 4.69) is 0 Å². The van der Waals surface area contributed by atoms with Crippen molar-refractivity contribution >= 4 is 41.8 Å². The molecule has 6 aromatic carbocycles. The van der Waals surface area contributed by atoms with E-state index in [4.69, 9.17) is 47.4 Å². The molecule has 0 aliphatic rings. The number of carbonyl (C=O) groups excluding carboxylic acids is 1. The molecule has 0 heterocycles. The summed E-state index contributed by atoms with van der Waals surface area (Å²) in [7, 11) is 11.9. The first kappa shape index (κ1) is 46.8. The van der Waals surface area contributed by atoms with E-state index in [-0.39, 0.29) is 34.0 Å². The van der Waals surface area contributed by atoms with E-state index in [9.17, 15) is 25.0 Å². The van der Waals surface area contributed by atoms with Crippen LogP contribution in [0.2, 0.25) is 0 Å². The van der Waals surface area contributed by atoms with Gasteiger partial charge in [-0.1, -0.05) is 36.4 Å². The van der Waals surface area contributed by atoms with Crippen molar-refractivity contribution in [1.82, 2.24) is 0 Å². The lowest BCUT2D eigenvalue weighted by atomic mass is 9.99. The number of non-ortho nitro benzene ring substituents is 2. The number of nitro groups is 2. The quantitative estimate of drug-likeness (QED) is 0.0259. The minimum absolute atomic E-state index is 0.116. The van der Waals surface area contributed by atoms with Gasteiger partial charge in [-0.05, 0) is 82.9 Å². The minimum Gasteiger partial charge on any atom is -0.496 e. The molecule has 6 rings (SSSR count). The standard InChI is InChI=1S/C49H44N2O15/c1-57-39-17-13-29(9-11-31-23-43(59-3)47(63-7)44(24-31)60-4)21-35(39)37-27-33(50(53)54)15-19-41(37)65-49(52)66-42-20-16-34(51(55)56)28-38(42)36-22-30(14-18-40(36)58-2)10-12-32-25-45(61-5)48(64-8)46(26-32)62-6/h9-28H,1-8H3/b11-9-,12-10+. The summed E-state index contributed by atoms with van der Waals surface area (Å²) in [6.45, 7) is 0. The fraction of sp³-hybridized carbons (Fsp3) is 0.163. The Kier molecular flexibility index (Phi) is 14.9. The van der Waals surface area contributed by atoms with E-state index >= 15 is 0 Å². The lowest BCUT2D eigenvalue weighted by Crippen LogP contribution is -2.15. The van der Waals surface area contributed by atoms with Crippen molar-refractivity contribution in [3.05, 3.63) is 140 Å². The van der Waals surface area contributed by atoms with Crippen LogP contribution in [0.4, 0.5) is 16.2 Å². The van der Waals surface area contributed by atoms with E-state index in [1.165, 1.54) is 93.3 Å². The van der Waals surface area contributed by atoms with Crippen molar-refractivity contribution in [1.29, 1.82) is 0 Å².